The predicted molar refractivity (Wildman–Crippen MR) is 65.3 cm³/mol. The van der Waals surface area contributed by atoms with Crippen LogP contribution in [0.5, 0.6) is 0 Å². The third kappa shape index (κ3) is 5.60. The Morgan fingerprint density at radius 1 is 1.44 bits per heavy atom. The van der Waals surface area contributed by atoms with Crippen LogP contribution >= 0.6 is 0 Å². The molecule has 0 bridgehead atoms. The molecule has 1 aliphatic rings. The van der Waals surface area contributed by atoms with Gasteiger partial charge >= 0.3 is 0 Å². The van der Waals surface area contributed by atoms with Crippen molar-refractivity contribution in [2.45, 2.75) is 20.3 Å². The van der Waals surface area contributed by atoms with Crippen LogP contribution in [0.3, 0.4) is 0 Å². The first-order valence-corrected chi connectivity index (χ1v) is 7.11. The zero-order valence-corrected chi connectivity index (χ0v) is 10.7. The minimum Gasteiger partial charge on any atom is -0.313 e. The van der Waals surface area contributed by atoms with Crippen molar-refractivity contribution < 1.29 is 8.42 Å². The molecule has 0 atom stereocenters. The van der Waals surface area contributed by atoms with Gasteiger partial charge < -0.3 is 5.32 Å². The third-order valence-corrected chi connectivity index (χ3v) is 3.40. The fraction of sp³-hybridized carbons (Fsp3) is 0.800. The summed E-state index contributed by atoms with van der Waals surface area (Å²) in [5.74, 6) is 0.315. The van der Waals surface area contributed by atoms with Crippen LogP contribution in [0, 0.1) is 5.92 Å². The molecule has 0 saturated heterocycles. The minimum atomic E-state index is -3.34. The molecular weight excluding hydrogens is 226 g/mol. The molecule has 0 fully saturated rings. The highest BCUT2D eigenvalue weighted by atomic mass is 32.2. The van der Waals surface area contributed by atoms with Gasteiger partial charge in [-0.3, -0.25) is 0 Å². The molecule has 5 nitrogen and oxygen atoms in total. The maximum atomic E-state index is 11.5. The van der Waals surface area contributed by atoms with Crippen molar-refractivity contribution in [2.24, 2.45) is 5.92 Å². The van der Waals surface area contributed by atoms with E-state index in [1.165, 1.54) is 0 Å². The topological polar surface area (TPSA) is 70.2 Å². The van der Waals surface area contributed by atoms with Crippen LogP contribution in [0.1, 0.15) is 20.3 Å². The first kappa shape index (κ1) is 13.6. The van der Waals surface area contributed by atoms with Crippen molar-refractivity contribution >= 4 is 10.2 Å². The van der Waals surface area contributed by atoms with Gasteiger partial charge in [-0.2, -0.15) is 13.1 Å². The second-order valence-electron chi connectivity index (χ2n) is 4.38. The van der Waals surface area contributed by atoms with E-state index in [-0.39, 0.29) is 0 Å². The normalized spacial score (nSPS) is 17.6. The molecule has 0 saturated carbocycles. The van der Waals surface area contributed by atoms with Crippen LogP contribution < -0.4 is 14.8 Å². The van der Waals surface area contributed by atoms with E-state index in [1.54, 1.807) is 0 Å². The molecule has 3 N–H and O–H groups in total. The van der Waals surface area contributed by atoms with E-state index in [4.69, 9.17) is 0 Å². The van der Waals surface area contributed by atoms with E-state index in [1.807, 2.05) is 19.9 Å². The highest BCUT2D eigenvalue weighted by Crippen LogP contribution is 2.02. The Bertz CT molecular complexity index is 336. The van der Waals surface area contributed by atoms with E-state index < -0.39 is 10.2 Å². The van der Waals surface area contributed by atoms with Gasteiger partial charge in [0.15, 0.2) is 0 Å². The van der Waals surface area contributed by atoms with Crippen LogP contribution in [0.2, 0.25) is 0 Å². The van der Waals surface area contributed by atoms with Crippen molar-refractivity contribution in [1.82, 2.24) is 14.8 Å². The van der Waals surface area contributed by atoms with E-state index in [0.717, 1.165) is 25.1 Å². The summed E-state index contributed by atoms with van der Waals surface area (Å²) in [4.78, 5) is 0. The SMILES string of the molecule is CC(C)CNS(=O)(=O)NCC1=CCNCC1. The summed E-state index contributed by atoms with van der Waals surface area (Å²) in [6, 6.07) is 0. The molecule has 0 spiro atoms. The molecule has 1 aliphatic heterocycles. The van der Waals surface area contributed by atoms with Gasteiger partial charge in [0.2, 0.25) is 0 Å². The van der Waals surface area contributed by atoms with Gasteiger partial charge in [0, 0.05) is 19.6 Å². The van der Waals surface area contributed by atoms with Crippen molar-refractivity contribution in [1.29, 1.82) is 0 Å². The van der Waals surface area contributed by atoms with E-state index >= 15 is 0 Å². The zero-order valence-electron chi connectivity index (χ0n) is 9.91. The largest absolute Gasteiger partial charge is 0.313 e. The van der Waals surface area contributed by atoms with Gasteiger partial charge in [-0.15, -0.1) is 0 Å². The van der Waals surface area contributed by atoms with Crippen LogP contribution in [0.15, 0.2) is 11.6 Å². The van der Waals surface area contributed by atoms with Gasteiger partial charge in [0.1, 0.15) is 0 Å². The summed E-state index contributed by atoms with van der Waals surface area (Å²) in [5.41, 5.74) is 1.15. The molecule has 1 heterocycles. The Morgan fingerprint density at radius 3 is 2.75 bits per heavy atom. The molecule has 16 heavy (non-hydrogen) atoms. The quantitative estimate of drug-likeness (QED) is 0.578. The summed E-state index contributed by atoms with van der Waals surface area (Å²) in [7, 11) is -3.34. The van der Waals surface area contributed by atoms with Gasteiger partial charge in [0.25, 0.3) is 10.2 Å². The lowest BCUT2D eigenvalue weighted by Crippen LogP contribution is -2.39. The summed E-state index contributed by atoms with van der Waals surface area (Å²) in [6.07, 6.45) is 2.95. The summed E-state index contributed by atoms with van der Waals surface area (Å²) in [6.45, 7) is 6.57. The first-order chi connectivity index (χ1) is 7.49. The number of hydrogen-bond acceptors (Lipinski definition) is 3. The Balaban J connectivity index is 2.32. The molecule has 1 rings (SSSR count). The lowest BCUT2D eigenvalue weighted by atomic mass is 10.1. The summed E-state index contributed by atoms with van der Waals surface area (Å²) in [5, 5.41) is 3.18. The molecule has 0 aromatic rings. The zero-order chi connectivity index (χ0) is 12.0. The highest BCUT2D eigenvalue weighted by Gasteiger charge is 2.11. The standard InChI is InChI=1S/C10H21N3O2S/c1-9(2)7-12-16(14,15)13-8-10-3-5-11-6-4-10/h3,9,11-13H,4-8H2,1-2H3. The second-order valence-corrected chi connectivity index (χ2v) is 5.97. The van der Waals surface area contributed by atoms with Crippen molar-refractivity contribution in [3.8, 4) is 0 Å². The van der Waals surface area contributed by atoms with Crippen LogP contribution in [-0.2, 0) is 10.2 Å². The smallest absolute Gasteiger partial charge is 0.277 e. The second kappa shape index (κ2) is 6.34. The number of nitrogens with one attached hydrogen (secondary N) is 3. The molecule has 0 unspecified atom stereocenters. The van der Waals surface area contributed by atoms with Crippen LogP contribution in [0.4, 0.5) is 0 Å². The van der Waals surface area contributed by atoms with Gasteiger partial charge in [-0.25, -0.2) is 4.72 Å². The molecule has 0 aromatic carbocycles. The highest BCUT2D eigenvalue weighted by molar-refractivity contribution is 7.87. The maximum absolute atomic E-state index is 11.5. The fourth-order valence-corrected chi connectivity index (χ4v) is 2.38. The lowest BCUT2D eigenvalue weighted by molar-refractivity contribution is 0.548. The minimum absolute atomic E-state index is 0.315. The summed E-state index contributed by atoms with van der Waals surface area (Å²) < 4.78 is 28.1. The molecule has 0 aromatic heterocycles. The van der Waals surface area contributed by atoms with E-state index in [2.05, 4.69) is 14.8 Å². The molecule has 0 radical (unpaired) electrons. The first-order valence-electron chi connectivity index (χ1n) is 5.62. The Labute approximate surface area is 97.9 Å². The average Bonchev–Trinajstić information content (AvgIpc) is 2.26. The third-order valence-electron chi connectivity index (χ3n) is 2.33. The fourth-order valence-electron chi connectivity index (χ4n) is 1.35. The Kier molecular flexibility index (Phi) is 5.40. The van der Waals surface area contributed by atoms with Gasteiger partial charge in [-0.1, -0.05) is 25.5 Å². The Morgan fingerprint density at radius 2 is 2.19 bits per heavy atom. The maximum Gasteiger partial charge on any atom is 0.277 e. The molecule has 6 heteroatoms. The van der Waals surface area contributed by atoms with Gasteiger partial charge in [-0.05, 0) is 18.9 Å². The van der Waals surface area contributed by atoms with Crippen molar-refractivity contribution in [3.63, 3.8) is 0 Å². The van der Waals surface area contributed by atoms with E-state index in [0.29, 0.717) is 19.0 Å². The number of rotatable bonds is 6. The average molecular weight is 247 g/mol. The molecule has 0 aliphatic carbocycles. The van der Waals surface area contributed by atoms with E-state index in [9.17, 15) is 8.42 Å². The Hall–Kier alpha value is -0.430. The van der Waals surface area contributed by atoms with Crippen molar-refractivity contribution in [3.05, 3.63) is 11.6 Å². The van der Waals surface area contributed by atoms with Crippen molar-refractivity contribution in [2.75, 3.05) is 26.2 Å². The van der Waals surface area contributed by atoms with Gasteiger partial charge in [0.05, 0.1) is 0 Å². The monoisotopic (exact) mass is 247 g/mol. The summed E-state index contributed by atoms with van der Waals surface area (Å²) >= 11 is 0. The predicted octanol–water partition coefficient (Wildman–Crippen LogP) is -0.0139. The van der Waals surface area contributed by atoms with Crippen LogP contribution in [-0.4, -0.2) is 34.6 Å². The lowest BCUT2D eigenvalue weighted by Gasteiger charge is -2.15. The number of hydrogen-bond donors (Lipinski definition) is 3. The molecule has 94 valence electrons. The molecule has 0 amide bonds. The molecular formula is C10H21N3O2S. The van der Waals surface area contributed by atoms with Crippen LogP contribution in [0.25, 0.3) is 0 Å².